The van der Waals surface area contributed by atoms with E-state index in [1.165, 1.54) is 22.7 Å². The second-order valence-electron chi connectivity index (χ2n) is 9.55. The van der Waals surface area contributed by atoms with Gasteiger partial charge in [0.25, 0.3) is 0 Å². The molecule has 1 fully saturated rings. The Morgan fingerprint density at radius 1 is 0.947 bits per heavy atom. The lowest BCUT2D eigenvalue weighted by atomic mass is 10.0. The molecule has 1 N–H and O–H groups in total. The summed E-state index contributed by atoms with van der Waals surface area (Å²) in [4.78, 5) is 28.9. The largest absolute Gasteiger partial charge is 0.352 e. The zero-order valence-corrected chi connectivity index (χ0v) is 23.4. The van der Waals surface area contributed by atoms with E-state index in [-0.39, 0.29) is 30.2 Å². The highest BCUT2D eigenvalue weighted by molar-refractivity contribution is 7.99. The van der Waals surface area contributed by atoms with E-state index in [1.54, 1.807) is 30.3 Å². The smallest absolute Gasteiger partial charge is 0.243 e. The first-order valence-electron chi connectivity index (χ1n) is 12.8. The lowest BCUT2D eigenvalue weighted by molar-refractivity contribution is -0.139. The average molecular weight is 574 g/mol. The standard InChI is InChI=1S/C30H31Cl2FN2O2S/c31-25-15-14-22(16-26(25)32)19-38-20-29(36)35(18-23-10-4-7-13-27(23)33)28(17-21-8-2-1-3-9-21)30(37)34-24-11-5-6-12-24/h1-4,7-10,13-16,24,28H,5-6,11-12,17-20H2,(H,34,37)/t28-/m0/s1. The van der Waals surface area contributed by atoms with Crippen LogP contribution in [0.5, 0.6) is 0 Å². The number of carbonyl (C=O) groups excluding carboxylic acids is 2. The molecular formula is C30H31Cl2FN2O2S. The Bertz CT molecular complexity index is 1240. The molecule has 200 valence electrons. The molecule has 8 heteroatoms. The summed E-state index contributed by atoms with van der Waals surface area (Å²) in [6, 6.07) is 20.8. The van der Waals surface area contributed by atoms with E-state index < -0.39 is 11.9 Å². The maximum absolute atomic E-state index is 14.7. The first-order valence-corrected chi connectivity index (χ1v) is 14.7. The second kappa shape index (κ2) is 14.0. The summed E-state index contributed by atoms with van der Waals surface area (Å²) in [6.07, 6.45) is 4.38. The molecule has 1 aliphatic carbocycles. The van der Waals surface area contributed by atoms with Crippen molar-refractivity contribution in [2.45, 2.75) is 56.5 Å². The fourth-order valence-corrected chi connectivity index (χ4v) is 5.88. The maximum atomic E-state index is 14.7. The Balaban J connectivity index is 1.57. The van der Waals surface area contributed by atoms with Crippen molar-refractivity contribution in [1.82, 2.24) is 10.2 Å². The van der Waals surface area contributed by atoms with Crippen LogP contribution in [-0.2, 0) is 28.3 Å². The van der Waals surface area contributed by atoms with E-state index in [9.17, 15) is 14.0 Å². The van der Waals surface area contributed by atoms with Gasteiger partial charge in [-0.25, -0.2) is 4.39 Å². The highest BCUT2D eigenvalue weighted by Crippen LogP contribution is 2.26. The highest BCUT2D eigenvalue weighted by Gasteiger charge is 2.32. The van der Waals surface area contributed by atoms with Crippen LogP contribution < -0.4 is 5.32 Å². The molecule has 1 atom stereocenters. The van der Waals surface area contributed by atoms with Gasteiger partial charge in [-0.15, -0.1) is 11.8 Å². The monoisotopic (exact) mass is 572 g/mol. The molecule has 0 aromatic heterocycles. The van der Waals surface area contributed by atoms with Crippen LogP contribution in [0, 0.1) is 5.82 Å². The quantitative estimate of drug-likeness (QED) is 0.267. The van der Waals surface area contributed by atoms with Gasteiger partial charge in [0.2, 0.25) is 11.8 Å². The molecule has 38 heavy (non-hydrogen) atoms. The highest BCUT2D eigenvalue weighted by atomic mass is 35.5. The van der Waals surface area contributed by atoms with Gasteiger partial charge in [0.1, 0.15) is 11.9 Å². The van der Waals surface area contributed by atoms with Gasteiger partial charge in [-0.3, -0.25) is 9.59 Å². The van der Waals surface area contributed by atoms with Crippen LogP contribution in [0.1, 0.15) is 42.4 Å². The normalized spacial score (nSPS) is 14.3. The number of carbonyl (C=O) groups is 2. The molecule has 3 aromatic carbocycles. The third-order valence-corrected chi connectivity index (χ3v) is 8.48. The average Bonchev–Trinajstić information content (AvgIpc) is 3.42. The van der Waals surface area contributed by atoms with Crippen molar-refractivity contribution in [2.24, 2.45) is 0 Å². The summed E-state index contributed by atoms with van der Waals surface area (Å²) < 4.78 is 14.7. The van der Waals surface area contributed by atoms with Crippen molar-refractivity contribution < 1.29 is 14.0 Å². The molecule has 0 heterocycles. The van der Waals surface area contributed by atoms with Crippen LogP contribution in [0.3, 0.4) is 0 Å². The van der Waals surface area contributed by atoms with Crippen LogP contribution in [0.2, 0.25) is 10.0 Å². The van der Waals surface area contributed by atoms with Crippen LogP contribution in [0.15, 0.2) is 72.8 Å². The number of thioether (sulfide) groups is 1. The van der Waals surface area contributed by atoms with Crippen molar-refractivity contribution in [1.29, 1.82) is 0 Å². The maximum Gasteiger partial charge on any atom is 0.243 e. The molecule has 1 aliphatic rings. The van der Waals surface area contributed by atoms with Crippen LogP contribution in [0.4, 0.5) is 4.39 Å². The molecule has 3 aromatic rings. The van der Waals surface area contributed by atoms with Crippen molar-refractivity contribution >= 4 is 46.8 Å². The Labute approximate surface area is 237 Å². The lowest BCUT2D eigenvalue weighted by Crippen LogP contribution is -2.52. The minimum Gasteiger partial charge on any atom is -0.352 e. The zero-order chi connectivity index (χ0) is 26.9. The Hall–Kier alpha value is -2.54. The summed E-state index contributed by atoms with van der Waals surface area (Å²) in [6.45, 7) is 0.00836. The summed E-state index contributed by atoms with van der Waals surface area (Å²) >= 11 is 13.6. The number of nitrogens with zero attached hydrogens (tertiary/aromatic N) is 1. The molecule has 0 spiro atoms. The number of benzene rings is 3. The third-order valence-electron chi connectivity index (χ3n) is 6.75. The number of amides is 2. The minimum absolute atomic E-state index is 0.00836. The van der Waals surface area contributed by atoms with E-state index in [2.05, 4.69) is 5.32 Å². The Morgan fingerprint density at radius 2 is 1.66 bits per heavy atom. The van der Waals surface area contributed by atoms with Crippen LogP contribution in [-0.4, -0.2) is 34.6 Å². The minimum atomic E-state index is -0.768. The number of nitrogens with one attached hydrogen (secondary N) is 1. The molecule has 0 radical (unpaired) electrons. The molecule has 4 rings (SSSR count). The molecule has 1 saturated carbocycles. The SMILES string of the molecule is O=C(NC1CCCC1)[C@H](Cc1ccccc1)N(Cc1ccccc1F)C(=O)CSCc1ccc(Cl)c(Cl)c1. The molecule has 0 aliphatic heterocycles. The van der Waals surface area contributed by atoms with Gasteiger partial charge in [0.15, 0.2) is 0 Å². The molecule has 0 bridgehead atoms. The number of rotatable bonds is 11. The molecule has 0 unspecified atom stereocenters. The number of hydrogen-bond donors (Lipinski definition) is 1. The van der Waals surface area contributed by atoms with Crippen molar-refractivity contribution in [3.63, 3.8) is 0 Å². The molecule has 4 nitrogen and oxygen atoms in total. The third kappa shape index (κ3) is 7.98. The van der Waals surface area contributed by atoms with Crippen molar-refractivity contribution in [3.05, 3.63) is 105 Å². The zero-order valence-electron chi connectivity index (χ0n) is 21.0. The van der Waals surface area contributed by atoms with E-state index in [4.69, 9.17) is 23.2 Å². The van der Waals surface area contributed by atoms with Crippen LogP contribution in [0.25, 0.3) is 0 Å². The Morgan fingerprint density at radius 3 is 2.37 bits per heavy atom. The van der Waals surface area contributed by atoms with Gasteiger partial charge in [-0.1, -0.05) is 90.6 Å². The fraction of sp³-hybridized carbons (Fsp3) is 0.333. The van der Waals surface area contributed by atoms with E-state index >= 15 is 0 Å². The van der Waals surface area contributed by atoms with Gasteiger partial charge >= 0.3 is 0 Å². The first-order chi connectivity index (χ1) is 18.4. The first kappa shape index (κ1) is 28.5. The number of hydrogen-bond acceptors (Lipinski definition) is 3. The Kier molecular flexibility index (Phi) is 10.5. The van der Waals surface area contributed by atoms with Crippen molar-refractivity contribution in [3.8, 4) is 0 Å². The molecule has 0 saturated heterocycles. The van der Waals surface area contributed by atoms with Gasteiger partial charge < -0.3 is 10.2 Å². The summed E-state index contributed by atoms with van der Waals surface area (Å²) in [5.41, 5.74) is 2.26. The van der Waals surface area contributed by atoms with Crippen LogP contribution >= 0.6 is 35.0 Å². The summed E-state index contributed by atoms with van der Waals surface area (Å²) in [5.74, 6) is -0.131. The number of halogens is 3. The summed E-state index contributed by atoms with van der Waals surface area (Å²) in [5, 5.41) is 4.11. The van der Waals surface area contributed by atoms with E-state index in [0.717, 1.165) is 36.8 Å². The van der Waals surface area contributed by atoms with Gasteiger partial charge in [0.05, 0.1) is 15.8 Å². The van der Waals surface area contributed by atoms with Gasteiger partial charge in [0, 0.05) is 30.3 Å². The predicted molar refractivity (Wildman–Crippen MR) is 154 cm³/mol. The fourth-order valence-electron chi connectivity index (χ4n) is 4.70. The molecular weight excluding hydrogens is 542 g/mol. The van der Waals surface area contributed by atoms with Gasteiger partial charge in [-0.05, 0) is 42.2 Å². The predicted octanol–water partition coefficient (Wildman–Crippen LogP) is 7.06. The molecule has 2 amide bonds. The van der Waals surface area contributed by atoms with Gasteiger partial charge in [-0.2, -0.15) is 0 Å². The van der Waals surface area contributed by atoms with Crippen molar-refractivity contribution in [2.75, 3.05) is 5.75 Å². The van der Waals surface area contributed by atoms with E-state index in [0.29, 0.717) is 27.8 Å². The topological polar surface area (TPSA) is 49.4 Å². The van der Waals surface area contributed by atoms with E-state index in [1.807, 2.05) is 36.4 Å². The summed E-state index contributed by atoms with van der Waals surface area (Å²) in [7, 11) is 0. The second-order valence-corrected chi connectivity index (χ2v) is 11.3. The lowest BCUT2D eigenvalue weighted by Gasteiger charge is -2.32.